The van der Waals surface area contributed by atoms with Crippen molar-refractivity contribution in [2.45, 2.75) is 5.79 Å². The zero-order valence-corrected chi connectivity index (χ0v) is 9.80. The summed E-state index contributed by atoms with van der Waals surface area (Å²) in [5.41, 5.74) is 0. The van der Waals surface area contributed by atoms with Gasteiger partial charge in [0.15, 0.2) is 0 Å². The lowest BCUT2D eigenvalue weighted by molar-refractivity contribution is 0.263. The molecule has 0 radical (unpaired) electrons. The van der Waals surface area contributed by atoms with Crippen LogP contribution in [0, 0.1) is 12.2 Å². The van der Waals surface area contributed by atoms with Crippen molar-refractivity contribution in [3.63, 3.8) is 0 Å². The van der Waals surface area contributed by atoms with E-state index in [1.165, 1.54) is 0 Å². The van der Waals surface area contributed by atoms with Crippen LogP contribution < -0.4 is 21.3 Å². The summed E-state index contributed by atoms with van der Waals surface area (Å²) in [5.74, 6) is -0.806. The number of anilines is 1. The first-order valence-electron chi connectivity index (χ1n) is 4.93. The molecule has 0 amide bonds. The SMILES string of the molecule is CNC(CNc1nc(F)nc(F)n1)(NC)NC. The van der Waals surface area contributed by atoms with Gasteiger partial charge in [-0.25, -0.2) is 0 Å². The molecule has 0 bridgehead atoms. The number of nitrogens with zero attached hydrogens (tertiary/aromatic N) is 3. The molecule has 0 aliphatic carbocycles. The monoisotopic (exact) mass is 247 g/mol. The zero-order valence-electron chi connectivity index (χ0n) is 9.80. The second-order valence-corrected chi connectivity index (χ2v) is 3.21. The molecule has 7 nitrogen and oxygen atoms in total. The van der Waals surface area contributed by atoms with Gasteiger partial charge in [0.05, 0.1) is 6.54 Å². The highest BCUT2D eigenvalue weighted by Crippen LogP contribution is 2.01. The van der Waals surface area contributed by atoms with Crippen LogP contribution in [0.3, 0.4) is 0 Å². The Morgan fingerprint density at radius 1 is 0.941 bits per heavy atom. The Balaban J connectivity index is 2.71. The summed E-state index contributed by atoms with van der Waals surface area (Å²) in [5, 5.41) is 11.6. The molecule has 1 aromatic heterocycles. The van der Waals surface area contributed by atoms with Crippen molar-refractivity contribution in [1.29, 1.82) is 0 Å². The van der Waals surface area contributed by atoms with Crippen LogP contribution in [0.15, 0.2) is 0 Å². The topological polar surface area (TPSA) is 86.8 Å². The molecule has 0 saturated carbocycles. The van der Waals surface area contributed by atoms with Gasteiger partial charge in [-0.15, -0.1) is 0 Å². The molecule has 96 valence electrons. The third-order valence-electron chi connectivity index (χ3n) is 2.37. The molecule has 0 fully saturated rings. The van der Waals surface area contributed by atoms with Gasteiger partial charge in [-0.05, 0) is 21.1 Å². The normalized spacial score (nSPS) is 11.6. The lowest BCUT2D eigenvalue weighted by Gasteiger charge is -2.32. The lowest BCUT2D eigenvalue weighted by atomic mass is 10.3. The van der Waals surface area contributed by atoms with E-state index in [4.69, 9.17) is 0 Å². The summed E-state index contributed by atoms with van der Waals surface area (Å²) in [7, 11) is 5.18. The second kappa shape index (κ2) is 5.75. The van der Waals surface area contributed by atoms with Crippen LogP contribution in [-0.4, -0.2) is 48.4 Å². The van der Waals surface area contributed by atoms with E-state index in [0.29, 0.717) is 0 Å². The van der Waals surface area contributed by atoms with Crippen LogP contribution >= 0.6 is 0 Å². The Morgan fingerprint density at radius 3 is 1.82 bits per heavy atom. The van der Waals surface area contributed by atoms with E-state index >= 15 is 0 Å². The minimum Gasteiger partial charge on any atom is -0.349 e. The molecule has 0 atom stereocenters. The highest BCUT2D eigenvalue weighted by Gasteiger charge is 2.23. The first-order valence-corrected chi connectivity index (χ1v) is 4.93. The fourth-order valence-electron chi connectivity index (χ4n) is 1.26. The van der Waals surface area contributed by atoms with Crippen molar-refractivity contribution in [1.82, 2.24) is 30.9 Å². The van der Waals surface area contributed by atoms with Gasteiger partial charge in [-0.2, -0.15) is 23.7 Å². The summed E-state index contributed by atoms with van der Waals surface area (Å²) in [6.07, 6.45) is -2.33. The highest BCUT2D eigenvalue weighted by molar-refractivity contribution is 5.22. The van der Waals surface area contributed by atoms with Crippen LogP contribution in [0.2, 0.25) is 0 Å². The molecule has 0 aliphatic heterocycles. The first kappa shape index (κ1) is 13.6. The molecule has 1 rings (SSSR count). The molecule has 1 heterocycles. The summed E-state index contributed by atoms with van der Waals surface area (Å²) < 4.78 is 25.4. The molecule has 0 unspecified atom stereocenters. The Bertz CT molecular complexity index is 340. The fourth-order valence-corrected chi connectivity index (χ4v) is 1.26. The molecular formula is C8H15F2N7. The lowest BCUT2D eigenvalue weighted by Crippen LogP contribution is -2.67. The minimum absolute atomic E-state index is 0.167. The Kier molecular flexibility index (Phi) is 4.61. The average molecular weight is 247 g/mol. The van der Waals surface area contributed by atoms with Gasteiger partial charge in [-0.3, -0.25) is 16.0 Å². The third kappa shape index (κ3) is 3.51. The van der Waals surface area contributed by atoms with Crippen molar-refractivity contribution in [2.24, 2.45) is 0 Å². The van der Waals surface area contributed by atoms with Gasteiger partial charge in [0.25, 0.3) is 0 Å². The van der Waals surface area contributed by atoms with Crippen LogP contribution in [0.5, 0.6) is 0 Å². The van der Waals surface area contributed by atoms with Gasteiger partial charge in [0, 0.05) is 0 Å². The maximum atomic E-state index is 12.7. The second-order valence-electron chi connectivity index (χ2n) is 3.21. The van der Waals surface area contributed by atoms with E-state index in [0.717, 1.165) is 0 Å². The smallest absolute Gasteiger partial charge is 0.315 e. The van der Waals surface area contributed by atoms with Crippen molar-refractivity contribution < 1.29 is 8.78 Å². The van der Waals surface area contributed by atoms with Crippen LogP contribution in [0.1, 0.15) is 0 Å². The molecule has 0 aliphatic rings. The van der Waals surface area contributed by atoms with Crippen LogP contribution in [-0.2, 0) is 0 Å². The van der Waals surface area contributed by atoms with Crippen molar-refractivity contribution in [3.8, 4) is 0 Å². The van der Waals surface area contributed by atoms with E-state index in [9.17, 15) is 8.78 Å². The molecule has 0 aromatic carbocycles. The molecule has 17 heavy (non-hydrogen) atoms. The predicted octanol–water partition coefficient (Wildman–Crippen LogP) is -1.13. The van der Waals surface area contributed by atoms with Gasteiger partial charge in [0.1, 0.15) is 5.79 Å². The number of hydrogen-bond donors (Lipinski definition) is 4. The maximum Gasteiger partial charge on any atom is 0.315 e. The van der Waals surface area contributed by atoms with E-state index < -0.39 is 17.9 Å². The van der Waals surface area contributed by atoms with Gasteiger partial charge in [0.2, 0.25) is 5.95 Å². The quantitative estimate of drug-likeness (QED) is 0.473. The number of likely N-dealkylation sites (N-methyl/N-ethyl adjacent to an activating group) is 3. The van der Waals surface area contributed by atoms with E-state index in [-0.39, 0.29) is 12.5 Å². The highest BCUT2D eigenvalue weighted by atomic mass is 19.1. The Hall–Kier alpha value is -1.45. The van der Waals surface area contributed by atoms with Crippen LogP contribution in [0.4, 0.5) is 14.7 Å². The summed E-state index contributed by atoms with van der Waals surface area (Å²) in [6.45, 7) is 0.263. The molecule has 4 N–H and O–H groups in total. The Morgan fingerprint density at radius 2 is 1.41 bits per heavy atom. The predicted molar refractivity (Wildman–Crippen MR) is 58.1 cm³/mol. The van der Waals surface area contributed by atoms with E-state index in [1.54, 1.807) is 21.1 Å². The van der Waals surface area contributed by atoms with Gasteiger partial charge in [-0.1, -0.05) is 0 Å². The largest absolute Gasteiger partial charge is 0.349 e. The maximum absolute atomic E-state index is 12.7. The standard InChI is InChI=1S/C8H15F2N7/c1-11-8(12-2,13-3)4-14-7-16-5(9)15-6(10)17-7/h11-13H,4H2,1-3H3,(H,14,15,16,17). The van der Waals surface area contributed by atoms with Gasteiger partial charge >= 0.3 is 12.2 Å². The van der Waals surface area contributed by atoms with E-state index in [1.807, 2.05) is 0 Å². The molecular weight excluding hydrogens is 232 g/mol. The molecule has 0 saturated heterocycles. The van der Waals surface area contributed by atoms with Crippen molar-refractivity contribution >= 4 is 5.95 Å². The fraction of sp³-hybridized carbons (Fsp3) is 0.625. The number of rotatable bonds is 6. The average Bonchev–Trinajstić information content (AvgIpc) is 2.30. The van der Waals surface area contributed by atoms with Crippen LogP contribution in [0.25, 0.3) is 0 Å². The Labute approximate surface area is 97.4 Å². The summed E-state index contributed by atoms with van der Waals surface area (Å²) in [4.78, 5) is 9.43. The first-order chi connectivity index (χ1) is 8.05. The summed E-state index contributed by atoms with van der Waals surface area (Å²) >= 11 is 0. The zero-order chi connectivity index (χ0) is 12.9. The number of nitrogens with one attached hydrogen (secondary N) is 4. The van der Waals surface area contributed by atoms with Crippen molar-refractivity contribution in [3.05, 3.63) is 12.2 Å². The number of aromatic nitrogens is 3. The van der Waals surface area contributed by atoms with E-state index in [2.05, 4.69) is 36.2 Å². The minimum atomic E-state index is -1.16. The summed E-state index contributed by atoms with van der Waals surface area (Å²) in [6, 6.07) is 0. The number of hydrogen-bond acceptors (Lipinski definition) is 7. The number of halogens is 2. The van der Waals surface area contributed by atoms with Crippen molar-refractivity contribution in [2.75, 3.05) is 33.0 Å². The molecule has 9 heteroatoms. The molecule has 1 aromatic rings. The third-order valence-corrected chi connectivity index (χ3v) is 2.37. The molecule has 0 spiro atoms. The van der Waals surface area contributed by atoms with Gasteiger partial charge < -0.3 is 5.32 Å².